The fraction of sp³-hybridized carbons (Fsp3) is 0.217. The van der Waals surface area contributed by atoms with Crippen LogP contribution in [0.2, 0.25) is 0 Å². The number of benzene rings is 2. The van der Waals surface area contributed by atoms with E-state index in [1.807, 2.05) is 31.2 Å². The van der Waals surface area contributed by atoms with Crippen LogP contribution in [0.4, 0.5) is 0 Å². The highest BCUT2D eigenvalue weighted by Crippen LogP contribution is 2.28. The van der Waals surface area contributed by atoms with Crippen LogP contribution in [-0.4, -0.2) is 26.8 Å². The lowest BCUT2D eigenvalue weighted by atomic mass is 10.1. The molecule has 3 aromatic rings. The summed E-state index contributed by atoms with van der Waals surface area (Å²) in [6, 6.07) is 11.8. The van der Waals surface area contributed by atoms with Gasteiger partial charge >= 0.3 is 11.6 Å². The van der Waals surface area contributed by atoms with Crippen LogP contribution in [0.1, 0.15) is 18.1 Å². The van der Waals surface area contributed by atoms with Gasteiger partial charge in [-0.15, -0.1) is 0 Å². The molecule has 0 N–H and O–H groups in total. The second kappa shape index (κ2) is 9.65. The van der Waals surface area contributed by atoms with Crippen LogP contribution >= 0.6 is 0 Å². The molecule has 0 amide bonds. The van der Waals surface area contributed by atoms with Gasteiger partial charge in [-0.3, -0.25) is 0 Å². The van der Waals surface area contributed by atoms with E-state index in [4.69, 9.17) is 23.4 Å². The predicted molar refractivity (Wildman–Crippen MR) is 112 cm³/mol. The summed E-state index contributed by atoms with van der Waals surface area (Å²) in [5.74, 6) is 0.923. The van der Waals surface area contributed by atoms with Crippen LogP contribution in [0, 0.1) is 0 Å². The Balaban J connectivity index is 1.66. The fourth-order valence-electron chi connectivity index (χ4n) is 2.89. The van der Waals surface area contributed by atoms with E-state index in [0.717, 1.165) is 5.56 Å². The largest absolute Gasteiger partial charge is 0.497 e. The average molecular weight is 410 g/mol. The van der Waals surface area contributed by atoms with Gasteiger partial charge < -0.3 is 23.4 Å². The van der Waals surface area contributed by atoms with Gasteiger partial charge in [0.2, 0.25) is 0 Å². The highest BCUT2D eigenvalue weighted by Gasteiger charge is 2.12. The molecule has 0 aliphatic heterocycles. The molecule has 0 radical (unpaired) electrons. The number of hydrogen-bond acceptors (Lipinski definition) is 7. The smallest absolute Gasteiger partial charge is 0.344 e. The van der Waals surface area contributed by atoms with E-state index in [1.54, 1.807) is 24.3 Å². The summed E-state index contributed by atoms with van der Waals surface area (Å²) in [6.45, 7) is 1.53. The van der Waals surface area contributed by atoms with E-state index in [9.17, 15) is 9.59 Å². The first-order valence-corrected chi connectivity index (χ1v) is 9.24. The summed E-state index contributed by atoms with van der Waals surface area (Å²) in [6.07, 6.45) is 3.84. The molecule has 0 spiro atoms. The first-order chi connectivity index (χ1) is 14.5. The average Bonchev–Trinajstić information content (AvgIpc) is 2.75. The van der Waals surface area contributed by atoms with Crippen molar-refractivity contribution in [3.8, 4) is 17.2 Å². The molecular weight excluding hydrogens is 388 g/mol. The minimum atomic E-state index is -0.579. The van der Waals surface area contributed by atoms with Gasteiger partial charge in [0.25, 0.3) is 0 Å². The monoisotopic (exact) mass is 410 g/mol. The third-order valence-electron chi connectivity index (χ3n) is 4.32. The van der Waals surface area contributed by atoms with Crippen molar-refractivity contribution in [2.45, 2.75) is 13.5 Å². The van der Waals surface area contributed by atoms with Crippen LogP contribution in [0.3, 0.4) is 0 Å². The Morgan fingerprint density at radius 3 is 2.60 bits per heavy atom. The number of hydrogen-bond donors (Lipinski definition) is 0. The lowest BCUT2D eigenvalue weighted by Crippen LogP contribution is -2.15. The zero-order chi connectivity index (χ0) is 21.5. The van der Waals surface area contributed by atoms with Gasteiger partial charge in [0.1, 0.15) is 17.9 Å². The SMILES string of the molecule is C/C=C/c1ccc(OCC(=O)OCc2cc(=O)oc3cc(OC)ccc23)c(OC)c1. The summed E-state index contributed by atoms with van der Waals surface area (Å²) in [7, 11) is 3.05. The lowest BCUT2D eigenvalue weighted by molar-refractivity contribution is -0.147. The number of carbonyl (C=O) groups is 1. The number of esters is 1. The quantitative estimate of drug-likeness (QED) is 0.410. The van der Waals surface area contributed by atoms with Gasteiger partial charge in [-0.25, -0.2) is 9.59 Å². The summed E-state index contributed by atoms with van der Waals surface area (Å²) >= 11 is 0. The maximum absolute atomic E-state index is 12.2. The van der Waals surface area contributed by atoms with Gasteiger partial charge in [-0.05, 0) is 36.8 Å². The van der Waals surface area contributed by atoms with Crippen LogP contribution < -0.4 is 19.8 Å². The molecule has 0 aliphatic rings. The van der Waals surface area contributed by atoms with Crippen LogP contribution in [0.5, 0.6) is 17.2 Å². The van der Waals surface area contributed by atoms with Gasteiger partial charge in [0.15, 0.2) is 18.1 Å². The molecule has 3 rings (SSSR count). The molecule has 0 unspecified atom stereocenters. The van der Waals surface area contributed by atoms with E-state index in [-0.39, 0.29) is 13.2 Å². The molecule has 0 aliphatic carbocycles. The maximum Gasteiger partial charge on any atom is 0.344 e. The van der Waals surface area contributed by atoms with Crippen molar-refractivity contribution in [3.63, 3.8) is 0 Å². The lowest BCUT2D eigenvalue weighted by Gasteiger charge is -2.12. The Kier molecular flexibility index (Phi) is 6.75. The molecule has 0 saturated heterocycles. The molecule has 2 aromatic carbocycles. The molecule has 0 saturated carbocycles. The molecule has 1 heterocycles. The maximum atomic E-state index is 12.2. The Morgan fingerprint density at radius 2 is 1.87 bits per heavy atom. The fourth-order valence-corrected chi connectivity index (χ4v) is 2.89. The Labute approximate surface area is 173 Å². The molecule has 156 valence electrons. The van der Waals surface area contributed by atoms with Crippen molar-refractivity contribution >= 4 is 23.0 Å². The zero-order valence-electron chi connectivity index (χ0n) is 17.0. The molecular formula is C23H22O7. The Hall–Kier alpha value is -3.74. The molecule has 7 nitrogen and oxygen atoms in total. The summed E-state index contributed by atoms with van der Waals surface area (Å²) in [5.41, 5.74) is 1.31. The molecule has 0 fully saturated rings. The van der Waals surface area contributed by atoms with Gasteiger partial charge in [0, 0.05) is 23.1 Å². The minimum absolute atomic E-state index is 0.0893. The number of rotatable bonds is 8. The van der Waals surface area contributed by atoms with Crippen molar-refractivity contribution < 1.29 is 28.2 Å². The van der Waals surface area contributed by atoms with E-state index < -0.39 is 11.6 Å². The number of carbonyl (C=O) groups excluding carboxylic acids is 1. The van der Waals surface area contributed by atoms with Crippen molar-refractivity contribution in [3.05, 3.63) is 70.1 Å². The highest BCUT2D eigenvalue weighted by atomic mass is 16.6. The Bertz CT molecular complexity index is 1130. The molecule has 0 atom stereocenters. The van der Waals surface area contributed by atoms with Gasteiger partial charge in [-0.1, -0.05) is 18.2 Å². The highest BCUT2D eigenvalue weighted by molar-refractivity contribution is 5.81. The topological polar surface area (TPSA) is 84.2 Å². The zero-order valence-corrected chi connectivity index (χ0v) is 17.0. The van der Waals surface area contributed by atoms with Crippen molar-refractivity contribution in [1.82, 2.24) is 0 Å². The number of fused-ring (bicyclic) bond motifs is 1. The van der Waals surface area contributed by atoms with Gasteiger partial charge in [-0.2, -0.15) is 0 Å². The molecule has 1 aromatic heterocycles. The number of allylic oxidation sites excluding steroid dienone is 1. The van der Waals surface area contributed by atoms with E-state index in [1.165, 1.54) is 20.3 Å². The van der Waals surface area contributed by atoms with Crippen molar-refractivity contribution in [2.75, 3.05) is 20.8 Å². The van der Waals surface area contributed by atoms with Crippen molar-refractivity contribution in [2.24, 2.45) is 0 Å². The van der Waals surface area contributed by atoms with Crippen molar-refractivity contribution in [1.29, 1.82) is 0 Å². The van der Waals surface area contributed by atoms with E-state index >= 15 is 0 Å². The predicted octanol–water partition coefficient (Wildman–Crippen LogP) is 3.97. The summed E-state index contributed by atoms with van der Waals surface area (Å²) in [5, 5.41) is 0.658. The minimum Gasteiger partial charge on any atom is -0.497 e. The third-order valence-corrected chi connectivity index (χ3v) is 4.32. The molecule has 0 bridgehead atoms. The Morgan fingerprint density at radius 1 is 1.03 bits per heavy atom. The first kappa shape index (κ1) is 21.0. The van der Waals surface area contributed by atoms with Crippen LogP contribution in [0.15, 0.2) is 57.8 Å². The summed E-state index contributed by atoms with van der Waals surface area (Å²) in [4.78, 5) is 24.0. The van der Waals surface area contributed by atoms with Gasteiger partial charge in [0.05, 0.1) is 14.2 Å². The first-order valence-electron chi connectivity index (χ1n) is 9.24. The van der Waals surface area contributed by atoms with Crippen LogP contribution in [-0.2, 0) is 16.1 Å². The number of ether oxygens (including phenoxy) is 4. The standard InChI is InChI=1S/C23H22O7/c1-4-5-15-6-9-19(21(10-15)27-3)28-14-23(25)29-13-16-11-22(24)30-20-12-17(26-2)7-8-18(16)20/h4-12H,13-14H2,1-3H3/b5-4+. The molecule has 7 heteroatoms. The second-order valence-electron chi connectivity index (χ2n) is 6.31. The van der Waals surface area contributed by atoms with E-state index in [0.29, 0.717) is 33.8 Å². The normalized spacial score (nSPS) is 10.9. The van der Waals surface area contributed by atoms with Crippen LogP contribution in [0.25, 0.3) is 17.0 Å². The second-order valence-corrected chi connectivity index (χ2v) is 6.31. The van der Waals surface area contributed by atoms with E-state index in [2.05, 4.69) is 0 Å². The number of methoxy groups -OCH3 is 2. The molecule has 30 heavy (non-hydrogen) atoms. The third kappa shape index (κ3) is 5.00. The summed E-state index contributed by atoms with van der Waals surface area (Å²) < 4.78 is 26.4.